The van der Waals surface area contributed by atoms with Crippen LogP contribution in [0.25, 0.3) is 5.82 Å². The van der Waals surface area contributed by atoms with E-state index in [9.17, 15) is 4.79 Å². The zero-order valence-corrected chi connectivity index (χ0v) is 13.9. The predicted octanol–water partition coefficient (Wildman–Crippen LogP) is 1.66. The van der Waals surface area contributed by atoms with Crippen LogP contribution < -0.4 is 10.6 Å². The summed E-state index contributed by atoms with van der Waals surface area (Å²) in [5, 5.41) is 9.69. The number of nitrogens with one attached hydrogen (secondary N) is 2. The second kappa shape index (κ2) is 7.87. The molecular formula is C16H23N7O. The highest BCUT2D eigenvalue weighted by Gasteiger charge is 2.17. The molecule has 2 aromatic rings. The van der Waals surface area contributed by atoms with Crippen LogP contribution in [0.4, 0.5) is 10.5 Å². The molecule has 8 heteroatoms. The predicted molar refractivity (Wildman–Crippen MR) is 91.1 cm³/mol. The fraction of sp³-hybridized carbons (Fsp3) is 0.500. The van der Waals surface area contributed by atoms with Gasteiger partial charge in [0.15, 0.2) is 5.82 Å². The van der Waals surface area contributed by atoms with Crippen molar-refractivity contribution in [3.63, 3.8) is 0 Å². The summed E-state index contributed by atoms with van der Waals surface area (Å²) in [7, 11) is 0. The number of likely N-dealkylation sites (tertiary alicyclic amines) is 1. The molecular weight excluding hydrogens is 306 g/mol. The minimum Gasteiger partial charge on any atom is -0.337 e. The summed E-state index contributed by atoms with van der Waals surface area (Å²) in [5.74, 6) is 0.651. The number of rotatable bonds is 5. The maximum Gasteiger partial charge on any atom is 0.319 e. The molecule has 0 aromatic carbocycles. The standard InChI is InChI=1S/C16H23N7O/c1-13-4-2-3-8-22(13)9-7-18-16(24)21-14-5-6-15(19-10-14)23-12-17-11-20-23/h5-6,10-13H,2-4,7-9H2,1H3,(H2,18,21,24). The van der Waals surface area contributed by atoms with E-state index in [2.05, 4.69) is 37.5 Å². The number of aromatic nitrogens is 4. The van der Waals surface area contributed by atoms with Crippen LogP contribution in [0.5, 0.6) is 0 Å². The molecule has 1 saturated heterocycles. The summed E-state index contributed by atoms with van der Waals surface area (Å²) in [6.07, 6.45) is 8.43. The van der Waals surface area contributed by atoms with Crippen LogP contribution in [-0.4, -0.2) is 56.4 Å². The van der Waals surface area contributed by atoms with E-state index in [4.69, 9.17) is 0 Å². The van der Waals surface area contributed by atoms with E-state index in [0.29, 0.717) is 24.1 Å². The molecule has 3 rings (SSSR count). The molecule has 0 bridgehead atoms. The van der Waals surface area contributed by atoms with Gasteiger partial charge in [-0.2, -0.15) is 5.10 Å². The summed E-state index contributed by atoms with van der Waals surface area (Å²) in [6, 6.07) is 3.96. The highest BCUT2D eigenvalue weighted by Crippen LogP contribution is 2.15. The fourth-order valence-electron chi connectivity index (χ4n) is 2.90. The molecule has 2 amide bonds. The van der Waals surface area contributed by atoms with Crippen molar-refractivity contribution < 1.29 is 4.79 Å². The fourth-order valence-corrected chi connectivity index (χ4v) is 2.90. The van der Waals surface area contributed by atoms with E-state index < -0.39 is 0 Å². The van der Waals surface area contributed by atoms with Crippen molar-refractivity contribution in [3.05, 3.63) is 31.0 Å². The Kier molecular flexibility index (Phi) is 5.37. The Labute approximate surface area is 141 Å². The summed E-state index contributed by atoms with van der Waals surface area (Å²) < 4.78 is 1.56. The molecule has 24 heavy (non-hydrogen) atoms. The van der Waals surface area contributed by atoms with Crippen LogP contribution in [0, 0.1) is 0 Å². The van der Waals surface area contributed by atoms with E-state index >= 15 is 0 Å². The summed E-state index contributed by atoms with van der Waals surface area (Å²) >= 11 is 0. The number of carbonyl (C=O) groups excluding carboxylic acids is 1. The number of hydrogen-bond donors (Lipinski definition) is 2. The van der Waals surface area contributed by atoms with Crippen LogP contribution in [0.1, 0.15) is 26.2 Å². The third kappa shape index (κ3) is 4.29. The number of nitrogens with zero attached hydrogens (tertiary/aromatic N) is 5. The molecule has 8 nitrogen and oxygen atoms in total. The largest absolute Gasteiger partial charge is 0.337 e. The number of pyridine rings is 1. The van der Waals surface area contributed by atoms with Crippen molar-refractivity contribution in [3.8, 4) is 5.82 Å². The van der Waals surface area contributed by atoms with Gasteiger partial charge in [-0.3, -0.25) is 4.90 Å². The van der Waals surface area contributed by atoms with Crippen molar-refractivity contribution in [2.45, 2.75) is 32.2 Å². The van der Waals surface area contributed by atoms with Gasteiger partial charge >= 0.3 is 6.03 Å². The Balaban J connectivity index is 1.43. The molecule has 1 fully saturated rings. The number of piperidine rings is 1. The van der Waals surface area contributed by atoms with Crippen LogP contribution in [0.2, 0.25) is 0 Å². The quantitative estimate of drug-likeness (QED) is 0.871. The van der Waals surface area contributed by atoms with Gasteiger partial charge in [-0.25, -0.2) is 19.4 Å². The molecule has 3 heterocycles. The van der Waals surface area contributed by atoms with Gasteiger partial charge in [0.2, 0.25) is 0 Å². The first-order valence-corrected chi connectivity index (χ1v) is 8.32. The van der Waals surface area contributed by atoms with Crippen molar-refractivity contribution in [2.75, 3.05) is 25.0 Å². The summed E-state index contributed by atoms with van der Waals surface area (Å²) in [5.41, 5.74) is 0.641. The number of carbonyl (C=O) groups is 1. The molecule has 1 aliphatic rings. The topological polar surface area (TPSA) is 88.0 Å². The second-order valence-corrected chi connectivity index (χ2v) is 6.01. The highest BCUT2D eigenvalue weighted by molar-refractivity contribution is 5.89. The Hall–Kier alpha value is -2.48. The minimum absolute atomic E-state index is 0.213. The Morgan fingerprint density at radius 2 is 2.29 bits per heavy atom. The Morgan fingerprint density at radius 3 is 3.00 bits per heavy atom. The van der Waals surface area contributed by atoms with Crippen molar-refractivity contribution in [1.29, 1.82) is 0 Å². The molecule has 1 unspecified atom stereocenters. The van der Waals surface area contributed by atoms with Gasteiger partial charge < -0.3 is 10.6 Å². The lowest BCUT2D eigenvalue weighted by Gasteiger charge is -2.33. The smallest absolute Gasteiger partial charge is 0.319 e. The van der Waals surface area contributed by atoms with Crippen molar-refractivity contribution in [2.24, 2.45) is 0 Å². The van der Waals surface area contributed by atoms with E-state index in [0.717, 1.165) is 13.1 Å². The SMILES string of the molecule is CC1CCCCN1CCNC(=O)Nc1ccc(-n2cncn2)nc1. The zero-order valence-electron chi connectivity index (χ0n) is 13.9. The molecule has 0 radical (unpaired) electrons. The number of urea groups is 1. The van der Waals surface area contributed by atoms with E-state index in [1.165, 1.54) is 25.6 Å². The lowest BCUT2D eigenvalue weighted by atomic mass is 10.0. The van der Waals surface area contributed by atoms with Crippen molar-refractivity contribution in [1.82, 2.24) is 30.0 Å². The Bertz CT molecular complexity index is 641. The zero-order chi connectivity index (χ0) is 16.8. The average molecular weight is 329 g/mol. The summed E-state index contributed by atoms with van der Waals surface area (Å²) in [6.45, 7) is 4.90. The highest BCUT2D eigenvalue weighted by atomic mass is 16.2. The van der Waals surface area contributed by atoms with Crippen LogP contribution >= 0.6 is 0 Å². The van der Waals surface area contributed by atoms with Gasteiger partial charge in [0.1, 0.15) is 12.7 Å². The van der Waals surface area contributed by atoms with Gasteiger partial charge in [-0.1, -0.05) is 6.42 Å². The lowest BCUT2D eigenvalue weighted by Crippen LogP contribution is -2.43. The maximum absolute atomic E-state index is 12.0. The van der Waals surface area contributed by atoms with Gasteiger partial charge in [-0.15, -0.1) is 0 Å². The van der Waals surface area contributed by atoms with Crippen LogP contribution in [0.3, 0.4) is 0 Å². The first-order valence-electron chi connectivity index (χ1n) is 8.32. The van der Waals surface area contributed by atoms with Gasteiger partial charge in [0.05, 0.1) is 11.9 Å². The van der Waals surface area contributed by atoms with Gasteiger partial charge in [-0.05, 0) is 38.4 Å². The summed E-state index contributed by atoms with van der Waals surface area (Å²) in [4.78, 5) is 22.5. The molecule has 2 N–H and O–H groups in total. The normalized spacial score (nSPS) is 18.3. The molecule has 128 valence electrons. The lowest BCUT2D eigenvalue weighted by molar-refractivity contribution is 0.162. The first kappa shape index (κ1) is 16.4. The molecule has 0 saturated carbocycles. The first-order chi connectivity index (χ1) is 11.7. The molecule has 1 aliphatic heterocycles. The number of anilines is 1. The monoisotopic (exact) mass is 329 g/mol. The molecule has 0 spiro atoms. The molecule has 0 aliphatic carbocycles. The van der Waals surface area contributed by atoms with Gasteiger partial charge in [0, 0.05) is 19.1 Å². The third-order valence-electron chi connectivity index (χ3n) is 4.28. The van der Waals surface area contributed by atoms with E-state index in [-0.39, 0.29) is 6.03 Å². The van der Waals surface area contributed by atoms with E-state index in [1.54, 1.807) is 29.3 Å². The Morgan fingerprint density at radius 1 is 1.38 bits per heavy atom. The van der Waals surface area contributed by atoms with Gasteiger partial charge in [0.25, 0.3) is 0 Å². The second-order valence-electron chi connectivity index (χ2n) is 6.01. The average Bonchev–Trinajstić information content (AvgIpc) is 3.12. The van der Waals surface area contributed by atoms with Crippen molar-refractivity contribution >= 4 is 11.7 Å². The maximum atomic E-state index is 12.0. The van der Waals surface area contributed by atoms with Crippen LogP contribution in [0.15, 0.2) is 31.0 Å². The molecule has 2 aromatic heterocycles. The van der Waals surface area contributed by atoms with Crippen LogP contribution in [-0.2, 0) is 0 Å². The van der Waals surface area contributed by atoms with E-state index in [1.807, 2.05) is 0 Å². The number of hydrogen-bond acceptors (Lipinski definition) is 5. The minimum atomic E-state index is -0.213. The molecule has 1 atom stereocenters. The number of amides is 2. The third-order valence-corrected chi connectivity index (χ3v) is 4.28.